The van der Waals surface area contributed by atoms with E-state index in [1.165, 1.54) is 11.3 Å². The summed E-state index contributed by atoms with van der Waals surface area (Å²) < 4.78 is 11.2. The lowest BCUT2D eigenvalue weighted by atomic mass is 10.2. The van der Waals surface area contributed by atoms with Crippen molar-refractivity contribution in [3.63, 3.8) is 0 Å². The van der Waals surface area contributed by atoms with Gasteiger partial charge in [0, 0.05) is 25.3 Å². The summed E-state index contributed by atoms with van der Waals surface area (Å²) in [6, 6.07) is 16.7. The molecule has 25 heavy (non-hydrogen) atoms. The molecule has 2 aromatic carbocycles. The van der Waals surface area contributed by atoms with Crippen LogP contribution in [0.5, 0.6) is 0 Å². The standard InChI is InChI=1S/C20H23N3O2/c1-22(15-20-21-18-4-2-3-5-19(18)25-20)14-16-6-8-17(9-7-16)23-10-12-24-13-11-23/h2-9H,10-15H2,1H3. The van der Waals surface area contributed by atoms with Crippen LogP contribution < -0.4 is 4.90 Å². The lowest BCUT2D eigenvalue weighted by Crippen LogP contribution is -2.36. The number of para-hydroxylation sites is 2. The Kier molecular flexibility index (Phi) is 4.68. The van der Waals surface area contributed by atoms with Crippen LogP contribution in [0.1, 0.15) is 11.5 Å². The second-order valence-corrected chi connectivity index (χ2v) is 6.51. The van der Waals surface area contributed by atoms with Crippen molar-refractivity contribution in [3.05, 3.63) is 60.0 Å². The van der Waals surface area contributed by atoms with Crippen molar-refractivity contribution in [2.24, 2.45) is 0 Å². The van der Waals surface area contributed by atoms with Crippen LogP contribution in [-0.4, -0.2) is 43.2 Å². The molecule has 1 fully saturated rings. The number of hydrogen-bond acceptors (Lipinski definition) is 5. The van der Waals surface area contributed by atoms with E-state index in [0.717, 1.165) is 49.8 Å². The Balaban J connectivity index is 1.37. The van der Waals surface area contributed by atoms with Crippen molar-refractivity contribution in [2.75, 3.05) is 38.3 Å². The van der Waals surface area contributed by atoms with Gasteiger partial charge >= 0.3 is 0 Å². The van der Waals surface area contributed by atoms with E-state index in [1.807, 2.05) is 24.3 Å². The molecular weight excluding hydrogens is 314 g/mol. The van der Waals surface area contributed by atoms with Crippen LogP contribution in [0.15, 0.2) is 52.9 Å². The number of ether oxygens (including phenoxy) is 1. The number of benzene rings is 2. The fourth-order valence-corrected chi connectivity index (χ4v) is 3.22. The van der Waals surface area contributed by atoms with E-state index < -0.39 is 0 Å². The third-order valence-electron chi connectivity index (χ3n) is 4.51. The minimum atomic E-state index is 0.694. The number of oxazole rings is 1. The highest BCUT2D eigenvalue weighted by Crippen LogP contribution is 2.19. The van der Waals surface area contributed by atoms with Crippen molar-refractivity contribution in [1.82, 2.24) is 9.88 Å². The molecule has 5 nitrogen and oxygen atoms in total. The van der Waals surface area contributed by atoms with Gasteiger partial charge in [0.25, 0.3) is 0 Å². The smallest absolute Gasteiger partial charge is 0.209 e. The number of morpholine rings is 1. The first kappa shape index (κ1) is 16.1. The predicted molar refractivity (Wildman–Crippen MR) is 98.7 cm³/mol. The van der Waals surface area contributed by atoms with Crippen LogP contribution in [0, 0.1) is 0 Å². The highest BCUT2D eigenvalue weighted by Gasteiger charge is 2.12. The van der Waals surface area contributed by atoms with Crippen LogP contribution in [-0.2, 0) is 17.8 Å². The summed E-state index contributed by atoms with van der Waals surface area (Å²) in [4.78, 5) is 9.13. The number of rotatable bonds is 5. The third-order valence-corrected chi connectivity index (χ3v) is 4.51. The second-order valence-electron chi connectivity index (χ2n) is 6.51. The molecule has 0 amide bonds. The molecule has 4 rings (SSSR count). The molecule has 1 aromatic heterocycles. The maximum Gasteiger partial charge on any atom is 0.209 e. The summed E-state index contributed by atoms with van der Waals surface area (Å²) in [7, 11) is 2.09. The fourth-order valence-electron chi connectivity index (χ4n) is 3.22. The van der Waals surface area contributed by atoms with Gasteiger partial charge < -0.3 is 14.1 Å². The van der Waals surface area contributed by atoms with Crippen molar-refractivity contribution in [1.29, 1.82) is 0 Å². The average Bonchev–Trinajstić information content (AvgIpc) is 3.05. The quantitative estimate of drug-likeness (QED) is 0.714. The van der Waals surface area contributed by atoms with E-state index in [4.69, 9.17) is 9.15 Å². The summed E-state index contributed by atoms with van der Waals surface area (Å²) in [5.74, 6) is 0.758. The summed E-state index contributed by atoms with van der Waals surface area (Å²) in [5.41, 5.74) is 4.32. The number of hydrogen-bond donors (Lipinski definition) is 0. The van der Waals surface area contributed by atoms with Gasteiger partial charge in [0.2, 0.25) is 5.89 Å². The molecule has 2 heterocycles. The molecule has 1 aliphatic heterocycles. The normalized spacial score (nSPS) is 15.2. The molecule has 0 unspecified atom stereocenters. The summed E-state index contributed by atoms with van der Waals surface area (Å²) in [6.45, 7) is 5.12. The van der Waals surface area contributed by atoms with Crippen molar-refractivity contribution >= 4 is 16.8 Å². The zero-order valence-corrected chi connectivity index (χ0v) is 14.5. The van der Waals surface area contributed by atoms with Gasteiger partial charge in [-0.1, -0.05) is 24.3 Å². The Hall–Kier alpha value is -2.37. The van der Waals surface area contributed by atoms with E-state index in [1.54, 1.807) is 0 Å². The first-order chi connectivity index (χ1) is 12.3. The highest BCUT2D eigenvalue weighted by molar-refractivity contribution is 5.72. The van der Waals surface area contributed by atoms with Crippen LogP contribution >= 0.6 is 0 Å². The Morgan fingerprint density at radius 3 is 2.52 bits per heavy atom. The lowest BCUT2D eigenvalue weighted by molar-refractivity contribution is 0.122. The average molecular weight is 337 g/mol. The van der Waals surface area contributed by atoms with Crippen LogP contribution in [0.4, 0.5) is 5.69 Å². The SMILES string of the molecule is CN(Cc1ccc(N2CCOCC2)cc1)Cc1nc2ccccc2o1. The Morgan fingerprint density at radius 2 is 1.76 bits per heavy atom. The molecule has 0 aliphatic carbocycles. The Bertz CT molecular complexity index is 789. The second kappa shape index (κ2) is 7.25. The lowest BCUT2D eigenvalue weighted by Gasteiger charge is -2.29. The first-order valence-corrected chi connectivity index (χ1v) is 8.72. The van der Waals surface area contributed by atoms with Gasteiger partial charge in [-0.25, -0.2) is 4.98 Å². The number of anilines is 1. The van der Waals surface area contributed by atoms with E-state index >= 15 is 0 Å². The topological polar surface area (TPSA) is 41.7 Å². The van der Waals surface area contributed by atoms with Crippen LogP contribution in [0.25, 0.3) is 11.1 Å². The third kappa shape index (κ3) is 3.83. The van der Waals surface area contributed by atoms with Gasteiger partial charge in [-0.2, -0.15) is 0 Å². The molecule has 130 valence electrons. The van der Waals surface area contributed by atoms with Gasteiger partial charge in [0.05, 0.1) is 19.8 Å². The summed E-state index contributed by atoms with van der Waals surface area (Å²) >= 11 is 0. The first-order valence-electron chi connectivity index (χ1n) is 8.72. The van der Waals surface area contributed by atoms with Crippen LogP contribution in [0.3, 0.4) is 0 Å². The van der Waals surface area contributed by atoms with E-state index in [2.05, 4.69) is 46.1 Å². The fraction of sp³-hybridized carbons (Fsp3) is 0.350. The molecule has 0 spiro atoms. The van der Waals surface area contributed by atoms with Gasteiger partial charge in [-0.05, 0) is 36.9 Å². The number of aromatic nitrogens is 1. The monoisotopic (exact) mass is 337 g/mol. The largest absolute Gasteiger partial charge is 0.439 e. The molecule has 0 atom stereocenters. The summed E-state index contributed by atoms with van der Waals surface area (Å²) in [5, 5.41) is 0. The molecule has 5 heteroatoms. The van der Waals surface area contributed by atoms with Crippen molar-refractivity contribution in [3.8, 4) is 0 Å². The Labute approximate surface area is 147 Å². The predicted octanol–water partition coefficient (Wildman–Crippen LogP) is 3.30. The highest BCUT2D eigenvalue weighted by atomic mass is 16.5. The maximum absolute atomic E-state index is 5.80. The maximum atomic E-state index is 5.80. The van der Waals surface area contributed by atoms with E-state index in [-0.39, 0.29) is 0 Å². The van der Waals surface area contributed by atoms with Crippen molar-refractivity contribution < 1.29 is 9.15 Å². The zero-order chi connectivity index (χ0) is 17.1. The Morgan fingerprint density at radius 1 is 1.00 bits per heavy atom. The number of nitrogens with zero attached hydrogens (tertiary/aromatic N) is 3. The summed E-state index contributed by atoms with van der Waals surface area (Å²) in [6.07, 6.45) is 0. The number of fused-ring (bicyclic) bond motifs is 1. The van der Waals surface area contributed by atoms with Gasteiger partial charge in [0.15, 0.2) is 5.58 Å². The van der Waals surface area contributed by atoms with Gasteiger partial charge in [-0.15, -0.1) is 0 Å². The minimum absolute atomic E-state index is 0.694. The minimum Gasteiger partial charge on any atom is -0.439 e. The van der Waals surface area contributed by atoms with Gasteiger partial charge in [-0.3, -0.25) is 4.90 Å². The molecule has 0 bridgehead atoms. The van der Waals surface area contributed by atoms with Crippen LogP contribution in [0.2, 0.25) is 0 Å². The molecule has 0 saturated carbocycles. The molecule has 3 aromatic rings. The van der Waals surface area contributed by atoms with Gasteiger partial charge in [0.1, 0.15) is 5.52 Å². The molecule has 0 N–H and O–H groups in total. The van der Waals surface area contributed by atoms with E-state index in [0.29, 0.717) is 6.54 Å². The van der Waals surface area contributed by atoms with Crippen molar-refractivity contribution in [2.45, 2.75) is 13.1 Å². The molecule has 1 aliphatic rings. The molecule has 1 saturated heterocycles. The molecule has 0 radical (unpaired) electrons. The van der Waals surface area contributed by atoms with E-state index in [9.17, 15) is 0 Å². The molecular formula is C20H23N3O2. The zero-order valence-electron chi connectivity index (χ0n) is 14.5.